The van der Waals surface area contributed by atoms with Gasteiger partial charge < -0.3 is 0 Å². The molecule has 0 radical (unpaired) electrons. The van der Waals surface area contributed by atoms with Crippen LogP contribution in [0.2, 0.25) is 0 Å². The maximum atomic E-state index is 3.87. The third-order valence-electron chi connectivity index (χ3n) is 2.69. The average Bonchev–Trinajstić information content (AvgIpc) is 2.26. The summed E-state index contributed by atoms with van der Waals surface area (Å²) in [5.74, 6) is 0. The summed E-state index contributed by atoms with van der Waals surface area (Å²) in [7, 11) is 0. The van der Waals surface area contributed by atoms with Gasteiger partial charge in [0.1, 0.15) is 0 Å². The Bertz CT molecular complexity index is 328. The first-order chi connectivity index (χ1) is 7.17. The summed E-state index contributed by atoms with van der Waals surface area (Å²) in [6, 6.07) is 6.61. The number of hydrogen-bond donors (Lipinski definition) is 0. The SMILES string of the molecule is C=Cc1ccc(C)cc1CCC(I)CC. The lowest BCUT2D eigenvalue weighted by Gasteiger charge is -2.10. The molecular formula is C14H19I. The largest absolute Gasteiger partial charge is 0.0985 e. The highest BCUT2D eigenvalue weighted by molar-refractivity contribution is 14.1. The minimum absolute atomic E-state index is 0.792. The monoisotopic (exact) mass is 314 g/mol. The van der Waals surface area contributed by atoms with Crippen molar-refractivity contribution in [1.29, 1.82) is 0 Å². The number of rotatable bonds is 5. The van der Waals surface area contributed by atoms with Gasteiger partial charge in [0.25, 0.3) is 0 Å². The molecule has 82 valence electrons. The molecule has 1 aromatic carbocycles. The molecular weight excluding hydrogens is 295 g/mol. The third-order valence-corrected chi connectivity index (χ3v) is 4.19. The van der Waals surface area contributed by atoms with E-state index < -0.39 is 0 Å². The van der Waals surface area contributed by atoms with E-state index in [4.69, 9.17) is 0 Å². The van der Waals surface area contributed by atoms with E-state index in [9.17, 15) is 0 Å². The molecule has 0 aliphatic heterocycles. The molecule has 0 amide bonds. The van der Waals surface area contributed by atoms with Crippen LogP contribution >= 0.6 is 22.6 Å². The van der Waals surface area contributed by atoms with Crippen molar-refractivity contribution in [3.63, 3.8) is 0 Å². The fourth-order valence-corrected chi connectivity index (χ4v) is 1.98. The number of hydrogen-bond acceptors (Lipinski definition) is 0. The number of halogens is 1. The van der Waals surface area contributed by atoms with Crippen LogP contribution < -0.4 is 0 Å². The maximum Gasteiger partial charge on any atom is 0.0110 e. The van der Waals surface area contributed by atoms with Gasteiger partial charge in [0.2, 0.25) is 0 Å². The van der Waals surface area contributed by atoms with Crippen LogP contribution in [-0.2, 0) is 6.42 Å². The molecule has 1 unspecified atom stereocenters. The van der Waals surface area contributed by atoms with Crippen molar-refractivity contribution in [3.8, 4) is 0 Å². The van der Waals surface area contributed by atoms with Crippen LogP contribution in [0.15, 0.2) is 24.8 Å². The molecule has 0 saturated heterocycles. The molecule has 0 aromatic heterocycles. The van der Waals surface area contributed by atoms with Gasteiger partial charge in [-0.05, 0) is 37.3 Å². The summed E-state index contributed by atoms with van der Waals surface area (Å²) in [5.41, 5.74) is 4.08. The second-order valence-electron chi connectivity index (χ2n) is 3.95. The minimum Gasteiger partial charge on any atom is -0.0985 e. The Morgan fingerprint density at radius 2 is 2.20 bits per heavy atom. The number of alkyl halides is 1. The van der Waals surface area contributed by atoms with Crippen molar-refractivity contribution in [3.05, 3.63) is 41.5 Å². The average molecular weight is 314 g/mol. The predicted octanol–water partition coefficient (Wildman–Crippen LogP) is 4.78. The highest BCUT2D eigenvalue weighted by atomic mass is 127. The highest BCUT2D eigenvalue weighted by Gasteiger charge is 2.04. The topological polar surface area (TPSA) is 0 Å². The fourth-order valence-electron chi connectivity index (χ4n) is 1.67. The molecule has 1 atom stereocenters. The maximum absolute atomic E-state index is 3.87. The van der Waals surface area contributed by atoms with Crippen molar-refractivity contribution in [2.75, 3.05) is 0 Å². The Morgan fingerprint density at radius 1 is 1.47 bits per heavy atom. The van der Waals surface area contributed by atoms with Gasteiger partial charge in [-0.3, -0.25) is 0 Å². The van der Waals surface area contributed by atoms with E-state index >= 15 is 0 Å². The van der Waals surface area contributed by atoms with Crippen molar-refractivity contribution >= 4 is 28.7 Å². The lowest BCUT2D eigenvalue weighted by molar-refractivity contribution is 0.757. The molecule has 0 bridgehead atoms. The Labute approximate surface area is 107 Å². The minimum atomic E-state index is 0.792. The van der Waals surface area contributed by atoms with Gasteiger partial charge in [-0.25, -0.2) is 0 Å². The lowest BCUT2D eigenvalue weighted by atomic mass is 9.99. The lowest BCUT2D eigenvalue weighted by Crippen LogP contribution is -1.99. The van der Waals surface area contributed by atoms with Crippen molar-refractivity contribution in [2.24, 2.45) is 0 Å². The molecule has 0 spiro atoms. The van der Waals surface area contributed by atoms with Gasteiger partial charge in [-0.15, -0.1) is 0 Å². The second-order valence-corrected chi connectivity index (χ2v) is 5.71. The van der Waals surface area contributed by atoms with Gasteiger partial charge in [0.05, 0.1) is 0 Å². The van der Waals surface area contributed by atoms with E-state index in [1.807, 2.05) is 6.08 Å². The zero-order valence-corrected chi connectivity index (χ0v) is 11.8. The standard InChI is InChI=1S/C14H19I/c1-4-12-7-6-11(3)10-13(12)8-9-14(15)5-2/h4,6-7,10,14H,1,5,8-9H2,2-3H3. The van der Waals surface area contributed by atoms with E-state index in [1.54, 1.807) is 0 Å². The summed E-state index contributed by atoms with van der Waals surface area (Å²) < 4.78 is 0.792. The molecule has 1 rings (SSSR count). The molecule has 0 nitrogen and oxygen atoms in total. The number of benzene rings is 1. The van der Waals surface area contributed by atoms with E-state index in [1.165, 1.54) is 36.0 Å². The molecule has 0 saturated carbocycles. The highest BCUT2D eigenvalue weighted by Crippen LogP contribution is 2.19. The fraction of sp³-hybridized carbons (Fsp3) is 0.429. The van der Waals surface area contributed by atoms with E-state index in [0.29, 0.717) is 0 Å². The van der Waals surface area contributed by atoms with E-state index in [-0.39, 0.29) is 0 Å². The molecule has 0 N–H and O–H groups in total. The van der Waals surface area contributed by atoms with E-state index in [0.717, 1.165) is 3.92 Å². The van der Waals surface area contributed by atoms with Crippen LogP contribution in [0.1, 0.15) is 36.5 Å². The van der Waals surface area contributed by atoms with Gasteiger partial charge >= 0.3 is 0 Å². The Kier molecular flexibility index (Phi) is 5.37. The smallest absolute Gasteiger partial charge is 0.0110 e. The zero-order valence-electron chi connectivity index (χ0n) is 9.59. The number of aryl methyl sites for hydroxylation is 2. The van der Waals surface area contributed by atoms with Crippen LogP contribution in [0, 0.1) is 6.92 Å². The first-order valence-electron chi connectivity index (χ1n) is 5.53. The van der Waals surface area contributed by atoms with Gasteiger partial charge in [0.15, 0.2) is 0 Å². The predicted molar refractivity (Wildman–Crippen MR) is 77.7 cm³/mol. The van der Waals surface area contributed by atoms with Gasteiger partial charge in [0, 0.05) is 3.92 Å². The molecule has 0 heterocycles. The van der Waals surface area contributed by atoms with Crippen LogP contribution in [-0.4, -0.2) is 3.92 Å². The van der Waals surface area contributed by atoms with Crippen LogP contribution in [0.4, 0.5) is 0 Å². The van der Waals surface area contributed by atoms with Gasteiger partial charge in [-0.2, -0.15) is 0 Å². The molecule has 0 aliphatic rings. The third kappa shape index (κ3) is 3.98. The molecule has 1 heteroatoms. The van der Waals surface area contributed by atoms with Gasteiger partial charge in [-0.1, -0.05) is 65.9 Å². The summed E-state index contributed by atoms with van der Waals surface area (Å²) >= 11 is 2.54. The summed E-state index contributed by atoms with van der Waals surface area (Å²) in [6.07, 6.45) is 5.66. The summed E-state index contributed by atoms with van der Waals surface area (Å²) in [6.45, 7) is 8.27. The first-order valence-corrected chi connectivity index (χ1v) is 6.78. The molecule has 0 fully saturated rings. The second kappa shape index (κ2) is 6.31. The Balaban J connectivity index is 2.74. The Morgan fingerprint density at radius 3 is 2.80 bits per heavy atom. The van der Waals surface area contributed by atoms with Crippen molar-refractivity contribution in [1.82, 2.24) is 0 Å². The zero-order chi connectivity index (χ0) is 11.3. The Hall–Kier alpha value is -0.310. The molecule has 0 aliphatic carbocycles. The van der Waals surface area contributed by atoms with Crippen LogP contribution in [0.3, 0.4) is 0 Å². The van der Waals surface area contributed by atoms with Crippen LogP contribution in [0.25, 0.3) is 6.08 Å². The van der Waals surface area contributed by atoms with E-state index in [2.05, 4.69) is 61.2 Å². The summed E-state index contributed by atoms with van der Waals surface area (Å²) in [5, 5.41) is 0. The molecule has 1 aromatic rings. The summed E-state index contributed by atoms with van der Waals surface area (Å²) in [4.78, 5) is 0. The van der Waals surface area contributed by atoms with Crippen molar-refractivity contribution in [2.45, 2.75) is 37.0 Å². The van der Waals surface area contributed by atoms with Crippen molar-refractivity contribution < 1.29 is 0 Å². The van der Waals surface area contributed by atoms with Crippen LogP contribution in [0.5, 0.6) is 0 Å². The normalized spacial score (nSPS) is 12.5. The quantitative estimate of drug-likeness (QED) is 0.542. The first kappa shape index (κ1) is 12.8. The molecule has 15 heavy (non-hydrogen) atoms.